The lowest BCUT2D eigenvalue weighted by Crippen LogP contribution is -2.24. The van der Waals surface area contributed by atoms with Gasteiger partial charge in [-0.05, 0) is 38.0 Å². The lowest BCUT2D eigenvalue weighted by atomic mass is 10.0. The number of nitrogens with zero attached hydrogens (tertiary/aromatic N) is 2. The maximum absolute atomic E-state index is 5.68. The van der Waals surface area contributed by atoms with Crippen LogP contribution in [-0.2, 0) is 0 Å². The third-order valence-electron chi connectivity index (χ3n) is 3.33. The van der Waals surface area contributed by atoms with E-state index in [4.69, 9.17) is 4.74 Å². The molecule has 1 atom stereocenters. The van der Waals surface area contributed by atoms with E-state index in [1.165, 1.54) is 5.56 Å². The molecule has 0 amide bonds. The van der Waals surface area contributed by atoms with E-state index in [1.54, 1.807) is 0 Å². The maximum atomic E-state index is 5.68. The molecule has 1 aliphatic heterocycles. The molecule has 0 bridgehead atoms. The SMILES string of the molecule is CC(C)Oc1ccc(C2CCNc3ccnn32)cc1. The minimum Gasteiger partial charge on any atom is -0.491 e. The molecule has 0 saturated heterocycles. The third-order valence-corrected chi connectivity index (χ3v) is 3.33. The zero-order valence-electron chi connectivity index (χ0n) is 11.3. The highest BCUT2D eigenvalue weighted by Crippen LogP contribution is 2.29. The van der Waals surface area contributed by atoms with E-state index in [2.05, 4.69) is 27.2 Å². The molecule has 1 unspecified atom stereocenters. The highest BCUT2D eigenvalue weighted by molar-refractivity contribution is 5.39. The molecule has 1 aromatic carbocycles. The fourth-order valence-corrected chi connectivity index (χ4v) is 2.51. The van der Waals surface area contributed by atoms with E-state index in [9.17, 15) is 0 Å². The third kappa shape index (κ3) is 2.43. The summed E-state index contributed by atoms with van der Waals surface area (Å²) in [4.78, 5) is 0. The van der Waals surface area contributed by atoms with Crippen molar-refractivity contribution >= 4 is 5.82 Å². The first-order chi connectivity index (χ1) is 9.24. The zero-order chi connectivity index (χ0) is 13.2. The summed E-state index contributed by atoms with van der Waals surface area (Å²) in [6.45, 7) is 5.06. The second kappa shape index (κ2) is 4.96. The Hall–Kier alpha value is -1.97. The van der Waals surface area contributed by atoms with Gasteiger partial charge in [-0.25, -0.2) is 4.68 Å². The number of aromatic nitrogens is 2. The number of nitrogens with one attached hydrogen (secondary N) is 1. The smallest absolute Gasteiger partial charge is 0.124 e. The molecule has 100 valence electrons. The van der Waals surface area contributed by atoms with Crippen LogP contribution in [0.4, 0.5) is 5.82 Å². The molecule has 2 aromatic rings. The van der Waals surface area contributed by atoms with E-state index < -0.39 is 0 Å². The van der Waals surface area contributed by atoms with Crippen molar-refractivity contribution in [2.75, 3.05) is 11.9 Å². The van der Waals surface area contributed by atoms with Crippen LogP contribution in [0.2, 0.25) is 0 Å². The topological polar surface area (TPSA) is 39.1 Å². The molecule has 0 spiro atoms. The Balaban J connectivity index is 1.84. The Kier molecular flexibility index (Phi) is 3.15. The molecule has 1 aromatic heterocycles. The van der Waals surface area contributed by atoms with Gasteiger partial charge in [0.05, 0.1) is 18.3 Å². The predicted molar refractivity (Wildman–Crippen MR) is 75.7 cm³/mol. The van der Waals surface area contributed by atoms with Crippen LogP contribution in [-0.4, -0.2) is 22.4 Å². The van der Waals surface area contributed by atoms with E-state index in [-0.39, 0.29) is 6.10 Å². The lowest BCUT2D eigenvalue weighted by molar-refractivity contribution is 0.242. The van der Waals surface area contributed by atoms with Gasteiger partial charge in [0.1, 0.15) is 11.6 Å². The van der Waals surface area contributed by atoms with Crippen LogP contribution in [0.3, 0.4) is 0 Å². The van der Waals surface area contributed by atoms with Crippen molar-refractivity contribution in [3.63, 3.8) is 0 Å². The first-order valence-corrected chi connectivity index (χ1v) is 6.78. The number of ether oxygens (including phenoxy) is 1. The molecule has 0 fully saturated rings. The summed E-state index contributed by atoms with van der Waals surface area (Å²) in [5, 5.41) is 7.76. The van der Waals surface area contributed by atoms with Crippen LogP contribution >= 0.6 is 0 Å². The van der Waals surface area contributed by atoms with Gasteiger partial charge < -0.3 is 10.1 Å². The van der Waals surface area contributed by atoms with Gasteiger partial charge in [0.2, 0.25) is 0 Å². The van der Waals surface area contributed by atoms with Crippen molar-refractivity contribution in [1.82, 2.24) is 9.78 Å². The molecular weight excluding hydrogens is 238 g/mol. The number of fused-ring (bicyclic) bond motifs is 1. The lowest BCUT2D eigenvalue weighted by Gasteiger charge is -2.26. The van der Waals surface area contributed by atoms with Crippen LogP contribution in [0.15, 0.2) is 36.5 Å². The van der Waals surface area contributed by atoms with Crippen molar-refractivity contribution in [1.29, 1.82) is 0 Å². The number of anilines is 1. The zero-order valence-corrected chi connectivity index (χ0v) is 11.3. The van der Waals surface area contributed by atoms with Crippen LogP contribution in [0, 0.1) is 0 Å². The largest absolute Gasteiger partial charge is 0.491 e. The summed E-state index contributed by atoms with van der Waals surface area (Å²) in [6, 6.07) is 10.7. The van der Waals surface area contributed by atoms with Gasteiger partial charge in [0.15, 0.2) is 0 Å². The Morgan fingerprint density at radius 3 is 2.79 bits per heavy atom. The van der Waals surface area contributed by atoms with Gasteiger partial charge in [0, 0.05) is 12.6 Å². The number of hydrogen-bond donors (Lipinski definition) is 1. The van der Waals surface area contributed by atoms with Gasteiger partial charge in [-0.2, -0.15) is 5.10 Å². The molecule has 0 saturated carbocycles. The maximum Gasteiger partial charge on any atom is 0.124 e. The molecule has 1 aliphatic rings. The van der Waals surface area contributed by atoms with Gasteiger partial charge in [-0.15, -0.1) is 0 Å². The van der Waals surface area contributed by atoms with Gasteiger partial charge in [-0.1, -0.05) is 12.1 Å². The summed E-state index contributed by atoms with van der Waals surface area (Å²) >= 11 is 0. The standard InChI is InChI=1S/C15H19N3O/c1-11(2)19-13-5-3-12(4-6-13)14-7-9-16-15-8-10-17-18(14)15/h3-6,8,10-11,14,16H,7,9H2,1-2H3. The highest BCUT2D eigenvalue weighted by atomic mass is 16.5. The minimum absolute atomic E-state index is 0.211. The molecule has 3 rings (SSSR count). The molecule has 4 nitrogen and oxygen atoms in total. The minimum atomic E-state index is 0.211. The Bertz CT molecular complexity index is 545. The van der Waals surface area contributed by atoms with Crippen LogP contribution in [0.25, 0.3) is 0 Å². The Morgan fingerprint density at radius 2 is 2.05 bits per heavy atom. The first-order valence-electron chi connectivity index (χ1n) is 6.78. The van der Waals surface area contributed by atoms with E-state index in [1.807, 2.05) is 38.2 Å². The van der Waals surface area contributed by atoms with E-state index in [0.717, 1.165) is 24.5 Å². The molecule has 19 heavy (non-hydrogen) atoms. The van der Waals surface area contributed by atoms with Crippen molar-refractivity contribution in [2.45, 2.75) is 32.4 Å². The molecule has 2 heterocycles. The summed E-state index contributed by atoms with van der Waals surface area (Å²) in [5.74, 6) is 2.02. The van der Waals surface area contributed by atoms with Crippen molar-refractivity contribution in [2.24, 2.45) is 0 Å². The summed E-state index contributed by atoms with van der Waals surface area (Å²) < 4.78 is 7.73. The molecule has 0 aliphatic carbocycles. The second-order valence-electron chi connectivity index (χ2n) is 5.13. The number of rotatable bonds is 3. The second-order valence-corrected chi connectivity index (χ2v) is 5.13. The van der Waals surface area contributed by atoms with Crippen LogP contribution in [0.5, 0.6) is 5.75 Å². The van der Waals surface area contributed by atoms with Crippen molar-refractivity contribution in [3.05, 3.63) is 42.1 Å². The summed E-state index contributed by atoms with van der Waals surface area (Å²) in [6.07, 6.45) is 3.11. The first kappa shape index (κ1) is 12.1. The number of benzene rings is 1. The number of hydrogen-bond acceptors (Lipinski definition) is 3. The average molecular weight is 257 g/mol. The summed E-state index contributed by atoms with van der Waals surface area (Å²) in [5.41, 5.74) is 1.28. The Morgan fingerprint density at radius 1 is 1.26 bits per heavy atom. The molecule has 4 heteroatoms. The quantitative estimate of drug-likeness (QED) is 0.918. The monoisotopic (exact) mass is 257 g/mol. The van der Waals surface area contributed by atoms with Crippen LogP contribution in [0.1, 0.15) is 31.9 Å². The Labute approximate surface area is 113 Å². The normalized spacial score (nSPS) is 17.9. The molecular formula is C15H19N3O. The van der Waals surface area contributed by atoms with E-state index in [0.29, 0.717) is 6.04 Å². The van der Waals surface area contributed by atoms with Gasteiger partial charge >= 0.3 is 0 Å². The summed E-state index contributed by atoms with van der Waals surface area (Å²) in [7, 11) is 0. The van der Waals surface area contributed by atoms with Crippen molar-refractivity contribution in [3.8, 4) is 5.75 Å². The fourth-order valence-electron chi connectivity index (χ4n) is 2.51. The van der Waals surface area contributed by atoms with E-state index >= 15 is 0 Å². The highest BCUT2D eigenvalue weighted by Gasteiger charge is 2.21. The average Bonchev–Trinajstić information content (AvgIpc) is 2.87. The van der Waals surface area contributed by atoms with Crippen molar-refractivity contribution < 1.29 is 4.74 Å². The molecule has 1 N–H and O–H groups in total. The van der Waals surface area contributed by atoms with Gasteiger partial charge in [0.25, 0.3) is 0 Å². The van der Waals surface area contributed by atoms with Crippen LogP contribution < -0.4 is 10.1 Å². The fraction of sp³-hybridized carbons (Fsp3) is 0.400. The van der Waals surface area contributed by atoms with Gasteiger partial charge in [-0.3, -0.25) is 0 Å². The molecule has 0 radical (unpaired) electrons. The predicted octanol–water partition coefficient (Wildman–Crippen LogP) is 3.08.